The summed E-state index contributed by atoms with van der Waals surface area (Å²) in [5, 5.41) is 16.6. The first kappa shape index (κ1) is 5.85. The van der Waals surface area contributed by atoms with Gasteiger partial charge in [0.2, 0.25) is 0 Å². The highest BCUT2D eigenvalue weighted by atomic mass is 14.3. The van der Waals surface area contributed by atoms with Crippen molar-refractivity contribution in [1.29, 1.82) is 10.5 Å². The number of hydrogen-bond donors (Lipinski definition) is 0. The Hall–Kier alpha value is -1.28. The highest BCUT2D eigenvalue weighted by Gasteiger charge is 2.13. The van der Waals surface area contributed by atoms with Crippen LogP contribution in [0, 0.1) is 28.6 Å². The quantitative estimate of drug-likeness (QED) is 0.488. The third-order valence-corrected chi connectivity index (χ3v) is 1.22. The largest absolute Gasteiger partial charge is 0.197 e. The number of hydrogen-bond acceptors (Lipinski definition) is 2. The molecule has 9 heavy (non-hydrogen) atoms. The fourth-order valence-electron chi connectivity index (χ4n) is 0.578. The lowest BCUT2D eigenvalue weighted by Crippen LogP contribution is -1.83. The molecular formula is C7H6N2. The second kappa shape index (κ2) is 2.33. The molecule has 0 saturated heterocycles. The zero-order valence-corrected chi connectivity index (χ0v) is 4.96. The highest BCUT2D eigenvalue weighted by Crippen LogP contribution is 2.28. The molecule has 1 rings (SSSR count). The summed E-state index contributed by atoms with van der Waals surface area (Å²) < 4.78 is 0. The number of allylic oxidation sites excluding steroid dienone is 2. The van der Waals surface area contributed by atoms with E-state index >= 15 is 0 Å². The van der Waals surface area contributed by atoms with E-state index < -0.39 is 5.92 Å². The van der Waals surface area contributed by atoms with Crippen molar-refractivity contribution in [3.8, 4) is 12.1 Å². The van der Waals surface area contributed by atoms with Crippen LogP contribution in [0.1, 0.15) is 12.8 Å². The number of rotatable bonds is 1. The van der Waals surface area contributed by atoms with Gasteiger partial charge in [-0.2, -0.15) is 10.5 Å². The van der Waals surface area contributed by atoms with Gasteiger partial charge in [-0.15, -0.1) is 0 Å². The molecule has 0 spiro atoms. The molecular weight excluding hydrogens is 112 g/mol. The van der Waals surface area contributed by atoms with Crippen LogP contribution in [0.15, 0.2) is 11.6 Å². The lowest BCUT2D eigenvalue weighted by Gasteiger charge is -1.81. The first-order chi connectivity index (χ1) is 4.36. The van der Waals surface area contributed by atoms with Crippen molar-refractivity contribution in [3.63, 3.8) is 0 Å². The molecule has 0 radical (unpaired) electrons. The van der Waals surface area contributed by atoms with Crippen LogP contribution in [0.4, 0.5) is 0 Å². The summed E-state index contributed by atoms with van der Waals surface area (Å²) in [5.41, 5.74) is 1.25. The zero-order chi connectivity index (χ0) is 6.69. The van der Waals surface area contributed by atoms with Gasteiger partial charge in [-0.25, -0.2) is 0 Å². The maximum absolute atomic E-state index is 8.29. The van der Waals surface area contributed by atoms with Crippen molar-refractivity contribution < 1.29 is 0 Å². The lowest BCUT2D eigenvalue weighted by molar-refractivity contribution is 1.09. The van der Waals surface area contributed by atoms with E-state index in [0.29, 0.717) is 0 Å². The lowest BCUT2D eigenvalue weighted by atomic mass is 10.2. The topological polar surface area (TPSA) is 47.6 Å². The van der Waals surface area contributed by atoms with Crippen molar-refractivity contribution in [1.82, 2.24) is 0 Å². The minimum absolute atomic E-state index is 0.512. The van der Waals surface area contributed by atoms with Crippen LogP contribution in [0.5, 0.6) is 0 Å². The minimum atomic E-state index is -0.512. The summed E-state index contributed by atoms with van der Waals surface area (Å²) in [6.45, 7) is 0. The molecule has 0 aromatic carbocycles. The van der Waals surface area contributed by atoms with Gasteiger partial charge in [0, 0.05) is 0 Å². The molecule has 1 saturated carbocycles. The molecule has 0 aromatic rings. The zero-order valence-electron chi connectivity index (χ0n) is 4.96. The molecule has 0 atom stereocenters. The molecule has 2 nitrogen and oxygen atoms in total. The van der Waals surface area contributed by atoms with Gasteiger partial charge in [-0.1, -0.05) is 11.6 Å². The molecule has 0 aliphatic heterocycles. The van der Waals surface area contributed by atoms with Gasteiger partial charge < -0.3 is 0 Å². The Bertz CT molecular complexity index is 194. The normalized spacial score (nSPS) is 14.3. The van der Waals surface area contributed by atoms with Crippen molar-refractivity contribution >= 4 is 0 Å². The van der Waals surface area contributed by atoms with E-state index in [0.717, 1.165) is 12.8 Å². The maximum Gasteiger partial charge on any atom is 0.151 e. The van der Waals surface area contributed by atoms with Crippen molar-refractivity contribution in [2.45, 2.75) is 12.8 Å². The van der Waals surface area contributed by atoms with Crippen molar-refractivity contribution in [2.24, 2.45) is 5.92 Å². The van der Waals surface area contributed by atoms with Crippen LogP contribution in [0.2, 0.25) is 0 Å². The predicted molar refractivity (Wildman–Crippen MR) is 32.0 cm³/mol. The SMILES string of the molecule is N#CC(C#N)C=C1CC1. The fraction of sp³-hybridized carbons (Fsp3) is 0.429. The van der Waals surface area contributed by atoms with E-state index in [2.05, 4.69) is 0 Å². The van der Waals surface area contributed by atoms with Crippen LogP contribution in [0.25, 0.3) is 0 Å². The molecule has 44 valence electrons. The summed E-state index contributed by atoms with van der Waals surface area (Å²) in [6, 6.07) is 3.77. The number of nitriles is 2. The summed E-state index contributed by atoms with van der Waals surface area (Å²) in [7, 11) is 0. The Morgan fingerprint density at radius 2 is 1.89 bits per heavy atom. The van der Waals surface area contributed by atoms with Gasteiger partial charge in [0.15, 0.2) is 5.92 Å². The average molecular weight is 118 g/mol. The van der Waals surface area contributed by atoms with E-state index in [4.69, 9.17) is 10.5 Å². The molecule has 0 bridgehead atoms. The molecule has 1 aliphatic rings. The first-order valence-electron chi connectivity index (χ1n) is 2.85. The maximum atomic E-state index is 8.29. The van der Waals surface area contributed by atoms with E-state index in [1.54, 1.807) is 6.08 Å². The first-order valence-corrected chi connectivity index (χ1v) is 2.85. The predicted octanol–water partition coefficient (Wildman–Crippen LogP) is 1.37. The summed E-state index contributed by atoms with van der Waals surface area (Å²) in [5.74, 6) is -0.512. The Kier molecular flexibility index (Phi) is 1.51. The molecule has 1 aliphatic carbocycles. The van der Waals surface area contributed by atoms with E-state index in [1.807, 2.05) is 12.1 Å². The smallest absolute Gasteiger partial charge is 0.151 e. The Balaban J connectivity index is 2.53. The Morgan fingerprint density at radius 1 is 1.33 bits per heavy atom. The second-order valence-electron chi connectivity index (χ2n) is 2.06. The third kappa shape index (κ3) is 1.58. The monoisotopic (exact) mass is 118 g/mol. The van der Waals surface area contributed by atoms with Crippen LogP contribution in [0.3, 0.4) is 0 Å². The molecule has 0 amide bonds. The van der Waals surface area contributed by atoms with Gasteiger partial charge in [0.1, 0.15) is 0 Å². The second-order valence-corrected chi connectivity index (χ2v) is 2.06. The van der Waals surface area contributed by atoms with Gasteiger partial charge in [0.05, 0.1) is 12.1 Å². The molecule has 0 N–H and O–H groups in total. The Labute approximate surface area is 54.0 Å². The number of nitrogens with zero attached hydrogens (tertiary/aromatic N) is 2. The molecule has 0 heterocycles. The van der Waals surface area contributed by atoms with E-state index in [1.165, 1.54) is 5.57 Å². The van der Waals surface area contributed by atoms with Gasteiger partial charge in [-0.05, 0) is 12.8 Å². The molecule has 1 fully saturated rings. The minimum Gasteiger partial charge on any atom is -0.197 e. The van der Waals surface area contributed by atoms with Crippen LogP contribution < -0.4 is 0 Å². The van der Waals surface area contributed by atoms with Crippen molar-refractivity contribution in [3.05, 3.63) is 11.6 Å². The van der Waals surface area contributed by atoms with Crippen LogP contribution in [-0.2, 0) is 0 Å². The summed E-state index contributed by atoms with van der Waals surface area (Å²) in [4.78, 5) is 0. The highest BCUT2D eigenvalue weighted by molar-refractivity contribution is 5.24. The summed E-state index contributed by atoms with van der Waals surface area (Å²) >= 11 is 0. The van der Waals surface area contributed by atoms with Crippen LogP contribution in [-0.4, -0.2) is 0 Å². The molecule has 0 aromatic heterocycles. The van der Waals surface area contributed by atoms with Gasteiger partial charge in [0.25, 0.3) is 0 Å². The fourth-order valence-corrected chi connectivity index (χ4v) is 0.578. The summed E-state index contributed by atoms with van der Waals surface area (Å²) in [6.07, 6.45) is 3.92. The Morgan fingerprint density at radius 3 is 2.22 bits per heavy atom. The van der Waals surface area contributed by atoms with Gasteiger partial charge >= 0.3 is 0 Å². The van der Waals surface area contributed by atoms with E-state index in [9.17, 15) is 0 Å². The third-order valence-electron chi connectivity index (χ3n) is 1.22. The van der Waals surface area contributed by atoms with Crippen LogP contribution >= 0.6 is 0 Å². The standard InChI is InChI=1S/C7H6N2/c8-4-7(5-9)3-6-1-2-6/h3,7H,1-2H2. The molecule has 2 heteroatoms. The van der Waals surface area contributed by atoms with Crippen molar-refractivity contribution in [2.75, 3.05) is 0 Å². The van der Waals surface area contributed by atoms with E-state index in [-0.39, 0.29) is 0 Å². The average Bonchev–Trinajstić information content (AvgIpc) is 2.66. The van der Waals surface area contributed by atoms with Gasteiger partial charge in [-0.3, -0.25) is 0 Å². The molecule has 0 unspecified atom stereocenters.